The highest BCUT2D eigenvalue weighted by molar-refractivity contribution is 5.94. The molecule has 1 amide bonds. The summed E-state index contributed by atoms with van der Waals surface area (Å²) in [7, 11) is 0. The predicted octanol–water partition coefficient (Wildman–Crippen LogP) is 4.73. The van der Waals surface area contributed by atoms with Gasteiger partial charge in [0.05, 0.1) is 24.2 Å². The molecule has 1 fully saturated rings. The summed E-state index contributed by atoms with van der Waals surface area (Å²) < 4.78 is 11.4. The SMILES string of the molecule is CC(C)c1cccc(C(C)C)c1NC(=O)COc1nc2ccccc2nc1N1CCOCC1. The summed E-state index contributed by atoms with van der Waals surface area (Å²) in [5, 5.41) is 3.10. The maximum absolute atomic E-state index is 13.0. The van der Waals surface area contributed by atoms with Crippen molar-refractivity contribution in [3.63, 3.8) is 0 Å². The van der Waals surface area contributed by atoms with Crippen LogP contribution in [0.1, 0.15) is 50.7 Å². The topological polar surface area (TPSA) is 76.6 Å². The van der Waals surface area contributed by atoms with Crippen LogP contribution in [0.15, 0.2) is 42.5 Å². The summed E-state index contributed by atoms with van der Waals surface area (Å²) in [4.78, 5) is 24.5. The van der Waals surface area contributed by atoms with E-state index in [1.165, 1.54) is 0 Å². The second kappa shape index (κ2) is 10.2. The molecule has 2 heterocycles. The van der Waals surface area contributed by atoms with Gasteiger partial charge in [-0.05, 0) is 35.1 Å². The lowest BCUT2D eigenvalue weighted by Crippen LogP contribution is -2.37. The van der Waals surface area contributed by atoms with E-state index in [9.17, 15) is 4.79 Å². The molecule has 2 aromatic carbocycles. The molecule has 0 bridgehead atoms. The van der Waals surface area contributed by atoms with E-state index in [1.54, 1.807) is 0 Å². The number of anilines is 2. The van der Waals surface area contributed by atoms with Gasteiger partial charge < -0.3 is 19.7 Å². The number of hydrogen-bond donors (Lipinski definition) is 1. The van der Waals surface area contributed by atoms with Crippen molar-refractivity contribution in [1.29, 1.82) is 0 Å². The number of morpholine rings is 1. The zero-order valence-electron chi connectivity index (χ0n) is 19.8. The normalized spacial score (nSPS) is 14.2. The Kier molecular flexibility index (Phi) is 7.08. The van der Waals surface area contributed by atoms with Crippen molar-refractivity contribution in [3.8, 4) is 5.88 Å². The summed E-state index contributed by atoms with van der Waals surface area (Å²) >= 11 is 0. The van der Waals surface area contributed by atoms with Crippen LogP contribution in [0.4, 0.5) is 11.5 Å². The maximum Gasteiger partial charge on any atom is 0.262 e. The van der Waals surface area contributed by atoms with Crippen LogP contribution in [-0.2, 0) is 9.53 Å². The van der Waals surface area contributed by atoms with Crippen LogP contribution in [0.5, 0.6) is 5.88 Å². The van der Waals surface area contributed by atoms with Gasteiger partial charge in [0, 0.05) is 18.8 Å². The van der Waals surface area contributed by atoms with Gasteiger partial charge in [-0.25, -0.2) is 9.97 Å². The molecule has 0 atom stereocenters. The highest BCUT2D eigenvalue weighted by atomic mass is 16.5. The summed E-state index contributed by atoms with van der Waals surface area (Å²) in [6.07, 6.45) is 0. The second-order valence-electron chi connectivity index (χ2n) is 8.90. The van der Waals surface area contributed by atoms with Crippen molar-refractivity contribution in [1.82, 2.24) is 9.97 Å². The molecule has 1 aromatic heterocycles. The van der Waals surface area contributed by atoms with E-state index in [2.05, 4.69) is 61.1 Å². The number of amides is 1. The van der Waals surface area contributed by atoms with Crippen LogP contribution in [0.3, 0.4) is 0 Å². The number of nitrogens with one attached hydrogen (secondary N) is 1. The van der Waals surface area contributed by atoms with E-state index in [4.69, 9.17) is 14.5 Å². The van der Waals surface area contributed by atoms with Gasteiger partial charge in [-0.1, -0.05) is 58.0 Å². The van der Waals surface area contributed by atoms with Crippen LogP contribution in [-0.4, -0.2) is 48.8 Å². The van der Waals surface area contributed by atoms with Gasteiger partial charge >= 0.3 is 0 Å². The number of ether oxygens (including phenoxy) is 2. The Balaban J connectivity index is 1.57. The number of aromatic nitrogens is 2. The van der Waals surface area contributed by atoms with Gasteiger partial charge in [-0.3, -0.25) is 4.79 Å². The van der Waals surface area contributed by atoms with E-state index in [0.717, 1.165) is 27.8 Å². The average molecular weight is 449 g/mol. The number of carbonyl (C=O) groups is 1. The fourth-order valence-electron chi connectivity index (χ4n) is 4.06. The largest absolute Gasteiger partial charge is 0.465 e. The van der Waals surface area contributed by atoms with Crippen molar-refractivity contribution in [2.24, 2.45) is 0 Å². The summed E-state index contributed by atoms with van der Waals surface area (Å²) in [6, 6.07) is 13.9. The quantitative estimate of drug-likeness (QED) is 0.563. The standard InChI is InChI=1S/C26H32N4O3/c1-17(2)19-8-7-9-20(18(3)4)24(19)29-23(31)16-33-26-25(30-12-14-32-15-13-30)27-21-10-5-6-11-22(21)28-26/h5-11,17-18H,12-16H2,1-4H3,(H,29,31). The molecule has 33 heavy (non-hydrogen) atoms. The number of para-hydroxylation sites is 3. The monoisotopic (exact) mass is 448 g/mol. The van der Waals surface area contributed by atoms with Crippen LogP contribution in [0.2, 0.25) is 0 Å². The van der Waals surface area contributed by atoms with E-state index < -0.39 is 0 Å². The molecule has 4 rings (SSSR count). The van der Waals surface area contributed by atoms with Crippen LogP contribution >= 0.6 is 0 Å². The molecule has 0 spiro atoms. The van der Waals surface area contributed by atoms with Crippen LogP contribution < -0.4 is 15.0 Å². The highest BCUT2D eigenvalue weighted by Gasteiger charge is 2.21. The zero-order valence-corrected chi connectivity index (χ0v) is 19.8. The average Bonchev–Trinajstić information content (AvgIpc) is 2.82. The molecule has 0 saturated carbocycles. The van der Waals surface area contributed by atoms with Gasteiger partial charge in [0.25, 0.3) is 11.8 Å². The first-order chi connectivity index (χ1) is 15.9. The lowest BCUT2D eigenvalue weighted by Gasteiger charge is -2.28. The molecule has 0 unspecified atom stereocenters. The first kappa shape index (κ1) is 23.0. The number of carbonyl (C=O) groups excluding carboxylic acids is 1. The Morgan fingerprint density at radius 1 is 0.970 bits per heavy atom. The molecular formula is C26H32N4O3. The van der Waals surface area contributed by atoms with E-state index >= 15 is 0 Å². The highest BCUT2D eigenvalue weighted by Crippen LogP contribution is 2.32. The Morgan fingerprint density at radius 3 is 2.18 bits per heavy atom. The van der Waals surface area contributed by atoms with Crippen molar-refractivity contribution in [2.45, 2.75) is 39.5 Å². The Hall–Kier alpha value is -3.19. The molecule has 7 heteroatoms. The molecule has 174 valence electrons. The lowest BCUT2D eigenvalue weighted by molar-refractivity contribution is -0.118. The van der Waals surface area contributed by atoms with Gasteiger partial charge in [0.2, 0.25) is 0 Å². The number of hydrogen-bond acceptors (Lipinski definition) is 6. The van der Waals surface area contributed by atoms with Gasteiger partial charge in [-0.2, -0.15) is 0 Å². The Morgan fingerprint density at radius 2 is 1.58 bits per heavy atom. The third-order valence-electron chi connectivity index (χ3n) is 5.81. The molecular weight excluding hydrogens is 416 g/mol. The molecule has 0 radical (unpaired) electrons. The van der Waals surface area contributed by atoms with E-state index in [1.807, 2.05) is 24.3 Å². The second-order valence-corrected chi connectivity index (χ2v) is 8.90. The Labute approximate surface area is 195 Å². The minimum absolute atomic E-state index is 0.145. The van der Waals surface area contributed by atoms with Crippen molar-refractivity contribution >= 4 is 28.4 Å². The first-order valence-corrected chi connectivity index (χ1v) is 11.6. The van der Waals surface area contributed by atoms with Crippen LogP contribution in [0.25, 0.3) is 11.0 Å². The summed E-state index contributed by atoms with van der Waals surface area (Å²) in [5.41, 5.74) is 4.65. The molecule has 7 nitrogen and oxygen atoms in total. The zero-order chi connectivity index (χ0) is 23.4. The van der Waals surface area contributed by atoms with Gasteiger partial charge in [0.1, 0.15) is 0 Å². The van der Waals surface area contributed by atoms with E-state index in [-0.39, 0.29) is 12.5 Å². The van der Waals surface area contributed by atoms with E-state index in [0.29, 0.717) is 49.8 Å². The molecule has 1 aliphatic heterocycles. The summed E-state index contributed by atoms with van der Waals surface area (Å²) in [5.74, 6) is 1.38. The number of rotatable bonds is 7. The molecule has 3 aromatic rings. The van der Waals surface area contributed by atoms with Gasteiger partial charge in [-0.15, -0.1) is 0 Å². The fraction of sp³-hybridized carbons (Fsp3) is 0.423. The fourth-order valence-corrected chi connectivity index (χ4v) is 4.06. The smallest absolute Gasteiger partial charge is 0.262 e. The molecule has 1 aliphatic rings. The van der Waals surface area contributed by atoms with Crippen molar-refractivity contribution < 1.29 is 14.3 Å². The molecule has 0 aliphatic carbocycles. The number of benzene rings is 2. The van der Waals surface area contributed by atoms with Crippen molar-refractivity contribution in [2.75, 3.05) is 43.1 Å². The first-order valence-electron chi connectivity index (χ1n) is 11.6. The van der Waals surface area contributed by atoms with Gasteiger partial charge in [0.15, 0.2) is 12.4 Å². The minimum Gasteiger partial charge on any atom is -0.465 e. The Bertz CT molecular complexity index is 1100. The number of fused-ring (bicyclic) bond motifs is 1. The predicted molar refractivity (Wildman–Crippen MR) is 131 cm³/mol. The van der Waals surface area contributed by atoms with Crippen LogP contribution in [0, 0.1) is 0 Å². The maximum atomic E-state index is 13.0. The summed E-state index contributed by atoms with van der Waals surface area (Å²) in [6.45, 7) is 11.0. The lowest BCUT2D eigenvalue weighted by atomic mass is 9.92. The molecule has 1 saturated heterocycles. The molecule has 1 N–H and O–H groups in total. The minimum atomic E-state index is -0.215. The van der Waals surface area contributed by atoms with Crippen molar-refractivity contribution in [3.05, 3.63) is 53.6 Å². The third-order valence-corrected chi connectivity index (χ3v) is 5.81. The third kappa shape index (κ3) is 5.25. The number of nitrogens with zero attached hydrogens (tertiary/aromatic N) is 3.